The van der Waals surface area contributed by atoms with Gasteiger partial charge in [-0.2, -0.15) is 0 Å². The summed E-state index contributed by atoms with van der Waals surface area (Å²) in [6.45, 7) is 8.06. The van der Waals surface area contributed by atoms with Crippen molar-refractivity contribution in [2.75, 3.05) is 36.9 Å². The van der Waals surface area contributed by atoms with Crippen LogP contribution in [0.15, 0.2) is 48.5 Å². The summed E-state index contributed by atoms with van der Waals surface area (Å²) in [4.78, 5) is 15.1. The van der Waals surface area contributed by atoms with Gasteiger partial charge in [0.05, 0.1) is 25.2 Å². The minimum Gasteiger partial charge on any atom is -0.379 e. The molecular formula is C23H31N3O4S. The van der Waals surface area contributed by atoms with Crippen LogP contribution in [0.1, 0.15) is 23.6 Å². The zero-order chi connectivity index (χ0) is 22.4. The van der Waals surface area contributed by atoms with E-state index in [1.165, 1.54) is 5.56 Å². The minimum absolute atomic E-state index is 0.339. The molecule has 1 aliphatic rings. The molecule has 1 heterocycles. The number of anilines is 1. The Labute approximate surface area is 185 Å². The summed E-state index contributed by atoms with van der Waals surface area (Å²) in [5, 5.41) is 2.88. The highest BCUT2D eigenvalue weighted by Gasteiger charge is 2.28. The van der Waals surface area contributed by atoms with E-state index in [2.05, 4.69) is 22.3 Å². The standard InChI is InChI=1S/C23H31N3O4S/c1-18-7-9-22(10-8-18)26(31(3,28)29)19(2)23(27)24-16-20-5-4-6-21(15-20)17-25-11-13-30-14-12-25/h4-10,15,19H,11-14,16-17H2,1-3H3,(H,24,27). The van der Waals surface area contributed by atoms with Crippen LogP contribution in [-0.2, 0) is 32.6 Å². The molecule has 1 saturated heterocycles. The van der Waals surface area contributed by atoms with E-state index in [4.69, 9.17) is 4.74 Å². The normalized spacial score (nSPS) is 16.0. The van der Waals surface area contributed by atoms with Gasteiger partial charge in [0.25, 0.3) is 0 Å². The Morgan fingerprint density at radius 2 is 1.77 bits per heavy atom. The zero-order valence-corrected chi connectivity index (χ0v) is 19.2. The summed E-state index contributed by atoms with van der Waals surface area (Å²) in [5.41, 5.74) is 3.65. The fraction of sp³-hybridized carbons (Fsp3) is 0.435. The molecule has 0 saturated carbocycles. The molecule has 3 rings (SSSR count). The largest absolute Gasteiger partial charge is 0.379 e. The molecule has 1 atom stereocenters. The van der Waals surface area contributed by atoms with E-state index < -0.39 is 16.1 Å². The van der Waals surface area contributed by atoms with E-state index in [1.54, 1.807) is 19.1 Å². The molecule has 168 valence electrons. The topological polar surface area (TPSA) is 79.0 Å². The first-order chi connectivity index (χ1) is 14.7. The van der Waals surface area contributed by atoms with Crippen LogP contribution in [0, 0.1) is 6.92 Å². The maximum absolute atomic E-state index is 12.8. The van der Waals surface area contributed by atoms with Crippen LogP contribution < -0.4 is 9.62 Å². The van der Waals surface area contributed by atoms with Gasteiger partial charge < -0.3 is 10.1 Å². The highest BCUT2D eigenvalue weighted by molar-refractivity contribution is 7.92. The molecule has 1 aliphatic heterocycles. The average Bonchev–Trinajstić information content (AvgIpc) is 2.73. The van der Waals surface area contributed by atoms with Crippen LogP contribution in [-0.4, -0.2) is 57.8 Å². The number of carbonyl (C=O) groups excluding carboxylic acids is 1. The number of amides is 1. The van der Waals surface area contributed by atoms with Crippen LogP contribution in [0.5, 0.6) is 0 Å². The molecule has 1 fully saturated rings. The third kappa shape index (κ3) is 6.53. The van der Waals surface area contributed by atoms with E-state index in [0.29, 0.717) is 12.2 Å². The molecule has 8 heteroatoms. The molecule has 1 N–H and O–H groups in total. The number of morpholine rings is 1. The van der Waals surface area contributed by atoms with Gasteiger partial charge in [-0.1, -0.05) is 42.0 Å². The van der Waals surface area contributed by atoms with E-state index in [1.807, 2.05) is 31.2 Å². The zero-order valence-electron chi connectivity index (χ0n) is 18.4. The van der Waals surface area contributed by atoms with Crippen LogP contribution >= 0.6 is 0 Å². The Hall–Kier alpha value is -2.42. The number of sulfonamides is 1. The van der Waals surface area contributed by atoms with Gasteiger partial charge in [0.1, 0.15) is 6.04 Å². The van der Waals surface area contributed by atoms with Gasteiger partial charge in [-0.3, -0.25) is 14.0 Å². The second kappa shape index (κ2) is 10.3. The van der Waals surface area contributed by atoms with Gasteiger partial charge in [-0.15, -0.1) is 0 Å². The highest BCUT2D eigenvalue weighted by atomic mass is 32.2. The Bertz CT molecular complexity index is 986. The van der Waals surface area contributed by atoms with Crippen LogP contribution in [0.4, 0.5) is 5.69 Å². The van der Waals surface area contributed by atoms with Gasteiger partial charge in [0.2, 0.25) is 15.9 Å². The van der Waals surface area contributed by atoms with Gasteiger partial charge in [-0.25, -0.2) is 8.42 Å². The average molecular weight is 446 g/mol. The van der Waals surface area contributed by atoms with Crippen molar-refractivity contribution < 1.29 is 17.9 Å². The number of hydrogen-bond donors (Lipinski definition) is 1. The molecule has 2 aromatic rings. The van der Waals surface area contributed by atoms with E-state index in [-0.39, 0.29) is 5.91 Å². The van der Waals surface area contributed by atoms with Crippen molar-refractivity contribution in [3.05, 3.63) is 65.2 Å². The molecule has 31 heavy (non-hydrogen) atoms. The van der Waals surface area contributed by atoms with Crippen molar-refractivity contribution in [2.45, 2.75) is 33.0 Å². The number of rotatable bonds is 8. The lowest BCUT2D eigenvalue weighted by atomic mass is 10.1. The second-order valence-electron chi connectivity index (χ2n) is 8.00. The third-order valence-corrected chi connectivity index (χ3v) is 6.59. The summed E-state index contributed by atoms with van der Waals surface area (Å²) in [7, 11) is -3.62. The van der Waals surface area contributed by atoms with Gasteiger partial charge in [-0.05, 0) is 37.1 Å². The second-order valence-corrected chi connectivity index (χ2v) is 9.86. The first-order valence-corrected chi connectivity index (χ1v) is 12.3. The first kappa shape index (κ1) is 23.2. The number of nitrogens with one attached hydrogen (secondary N) is 1. The molecule has 0 radical (unpaired) electrons. The maximum Gasteiger partial charge on any atom is 0.243 e. The first-order valence-electron chi connectivity index (χ1n) is 10.5. The van der Waals surface area contributed by atoms with E-state index >= 15 is 0 Å². The highest BCUT2D eigenvalue weighted by Crippen LogP contribution is 2.21. The smallest absolute Gasteiger partial charge is 0.243 e. The van der Waals surface area contributed by atoms with Crippen molar-refractivity contribution in [3.63, 3.8) is 0 Å². The third-order valence-electron chi connectivity index (χ3n) is 5.34. The van der Waals surface area contributed by atoms with Crippen LogP contribution in [0.25, 0.3) is 0 Å². The monoisotopic (exact) mass is 445 g/mol. The summed E-state index contributed by atoms with van der Waals surface area (Å²) >= 11 is 0. The van der Waals surface area contributed by atoms with Crippen molar-refractivity contribution in [3.8, 4) is 0 Å². The molecule has 0 aromatic heterocycles. The molecule has 0 bridgehead atoms. The number of aryl methyl sites for hydroxylation is 1. The SMILES string of the molecule is Cc1ccc(N(C(C)C(=O)NCc2cccc(CN3CCOCC3)c2)S(C)(=O)=O)cc1. The lowest BCUT2D eigenvalue weighted by molar-refractivity contribution is -0.122. The van der Waals surface area contributed by atoms with E-state index in [9.17, 15) is 13.2 Å². The van der Waals surface area contributed by atoms with Crippen molar-refractivity contribution in [1.29, 1.82) is 0 Å². The van der Waals surface area contributed by atoms with Crippen LogP contribution in [0.2, 0.25) is 0 Å². The van der Waals surface area contributed by atoms with Crippen molar-refractivity contribution >= 4 is 21.6 Å². The predicted molar refractivity (Wildman–Crippen MR) is 122 cm³/mol. The fourth-order valence-corrected chi connectivity index (χ4v) is 4.87. The molecule has 7 nitrogen and oxygen atoms in total. The minimum atomic E-state index is -3.62. The van der Waals surface area contributed by atoms with E-state index in [0.717, 1.165) is 54.5 Å². The fourth-order valence-electron chi connectivity index (χ4n) is 3.69. The Balaban J connectivity index is 1.64. The molecular weight excluding hydrogens is 414 g/mol. The maximum atomic E-state index is 12.8. The number of nitrogens with zero attached hydrogens (tertiary/aromatic N) is 2. The number of benzene rings is 2. The Morgan fingerprint density at radius 1 is 1.13 bits per heavy atom. The predicted octanol–water partition coefficient (Wildman–Crippen LogP) is 2.30. The summed E-state index contributed by atoms with van der Waals surface area (Å²) in [6.07, 6.45) is 1.12. The molecule has 2 aromatic carbocycles. The lowest BCUT2D eigenvalue weighted by Crippen LogP contribution is -2.47. The molecule has 1 unspecified atom stereocenters. The van der Waals surface area contributed by atoms with Crippen LogP contribution in [0.3, 0.4) is 0 Å². The molecule has 0 aliphatic carbocycles. The van der Waals surface area contributed by atoms with Crippen molar-refractivity contribution in [1.82, 2.24) is 10.2 Å². The van der Waals surface area contributed by atoms with Gasteiger partial charge in [0, 0.05) is 26.2 Å². The summed E-state index contributed by atoms with van der Waals surface area (Å²) < 4.78 is 31.4. The lowest BCUT2D eigenvalue weighted by Gasteiger charge is -2.28. The summed E-state index contributed by atoms with van der Waals surface area (Å²) in [6, 6.07) is 14.3. The number of ether oxygens (including phenoxy) is 1. The molecule has 1 amide bonds. The summed E-state index contributed by atoms with van der Waals surface area (Å²) in [5.74, 6) is -0.343. The van der Waals surface area contributed by atoms with Gasteiger partial charge >= 0.3 is 0 Å². The van der Waals surface area contributed by atoms with Crippen molar-refractivity contribution in [2.24, 2.45) is 0 Å². The van der Waals surface area contributed by atoms with Gasteiger partial charge in [0.15, 0.2) is 0 Å². The number of carbonyl (C=O) groups is 1. The Kier molecular flexibility index (Phi) is 7.69. The Morgan fingerprint density at radius 3 is 2.42 bits per heavy atom. The quantitative estimate of drug-likeness (QED) is 0.675. The molecule has 0 spiro atoms. The number of hydrogen-bond acceptors (Lipinski definition) is 5.